The molecular formula is C18H24N3O3S2+. The molecule has 1 aromatic carbocycles. The zero-order valence-electron chi connectivity index (χ0n) is 14.7. The van der Waals surface area contributed by atoms with E-state index in [1.165, 1.54) is 9.60 Å². The Morgan fingerprint density at radius 1 is 1.27 bits per heavy atom. The molecule has 0 spiro atoms. The summed E-state index contributed by atoms with van der Waals surface area (Å²) in [6, 6.07) is 8.20. The minimum absolute atomic E-state index is 0.0145. The van der Waals surface area contributed by atoms with Crippen LogP contribution in [0.25, 0.3) is 10.2 Å². The van der Waals surface area contributed by atoms with Crippen molar-refractivity contribution in [3.8, 4) is 0 Å². The van der Waals surface area contributed by atoms with Gasteiger partial charge in [-0.3, -0.25) is 4.79 Å². The first-order valence-electron chi connectivity index (χ1n) is 9.15. The highest BCUT2D eigenvalue weighted by molar-refractivity contribution is 7.91. The van der Waals surface area contributed by atoms with Crippen LogP contribution in [0.1, 0.15) is 17.8 Å². The third-order valence-electron chi connectivity index (χ3n) is 5.35. The lowest BCUT2D eigenvalue weighted by atomic mass is 10.0. The first-order chi connectivity index (χ1) is 12.5. The molecular weight excluding hydrogens is 370 g/mol. The lowest BCUT2D eigenvalue weighted by molar-refractivity contribution is -0.917. The Hall–Kier alpha value is -1.51. The van der Waals surface area contributed by atoms with Gasteiger partial charge in [0.25, 0.3) is 0 Å². The topological polar surface area (TPSA) is 71.8 Å². The van der Waals surface area contributed by atoms with Crippen molar-refractivity contribution in [3.05, 3.63) is 29.3 Å². The Bertz CT molecular complexity index is 868. The van der Waals surface area contributed by atoms with E-state index in [-0.39, 0.29) is 23.3 Å². The third kappa shape index (κ3) is 4.07. The predicted octanol–water partition coefficient (Wildman–Crippen LogP) is 0.348. The van der Waals surface area contributed by atoms with Crippen LogP contribution < -0.4 is 4.90 Å². The van der Waals surface area contributed by atoms with Gasteiger partial charge in [0.2, 0.25) is 5.91 Å². The Kier molecular flexibility index (Phi) is 4.98. The number of piperazine rings is 1. The van der Waals surface area contributed by atoms with Crippen molar-refractivity contribution in [2.45, 2.75) is 19.4 Å². The summed E-state index contributed by atoms with van der Waals surface area (Å²) in [5.41, 5.74) is 1.06. The normalized spacial score (nSPS) is 23.5. The molecule has 26 heavy (non-hydrogen) atoms. The van der Waals surface area contributed by atoms with Crippen LogP contribution in [0.15, 0.2) is 24.3 Å². The molecule has 0 saturated carbocycles. The van der Waals surface area contributed by atoms with Gasteiger partial charge >= 0.3 is 0 Å². The monoisotopic (exact) mass is 394 g/mol. The van der Waals surface area contributed by atoms with Crippen molar-refractivity contribution in [1.29, 1.82) is 0 Å². The first-order valence-corrected chi connectivity index (χ1v) is 11.8. The number of hydrogen-bond acceptors (Lipinski definition) is 5. The molecule has 0 radical (unpaired) electrons. The van der Waals surface area contributed by atoms with Gasteiger partial charge in [-0.15, -0.1) is 11.3 Å². The molecule has 2 fully saturated rings. The molecule has 8 heteroatoms. The fraction of sp³-hybridized carbons (Fsp3) is 0.556. The molecule has 4 rings (SSSR count). The van der Waals surface area contributed by atoms with E-state index in [2.05, 4.69) is 6.07 Å². The molecule has 1 aromatic heterocycles. The average Bonchev–Trinajstić information content (AvgIpc) is 3.17. The largest absolute Gasteiger partial charge is 0.331 e. The number of carbonyl (C=O) groups is 1. The summed E-state index contributed by atoms with van der Waals surface area (Å²) in [6.45, 7) is 4.24. The van der Waals surface area contributed by atoms with Gasteiger partial charge in [0.15, 0.2) is 9.84 Å². The Morgan fingerprint density at radius 3 is 2.73 bits per heavy atom. The number of quaternary nitrogens is 1. The van der Waals surface area contributed by atoms with E-state index in [1.54, 1.807) is 11.3 Å². The molecule has 0 unspecified atom stereocenters. The number of rotatable bonds is 4. The van der Waals surface area contributed by atoms with E-state index in [4.69, 9.17) is 4.98 Å². The average molecular weight is 395 g/mol. The summed E-state index contributed by atoms with van der Waals surface area (Å²) in [7, 11) is -2.91. The maximum absolute atomic E-state index is 12.5. The Morgan fingerprint density at radius 2 is 2.04 bits per heavy atom. The third-order valence-corrected chi connectivity index (χ3v) is 8.23. The second-order valence-corrected chi connectivity index (χ2v) is 10.7. The number of nitrogens with zero attached hydrogens (tertiary/aromatic N) is 2. The summed E-state index contributed by atoms with van der Waals surface area (Å²) < 4.78 is 24.3. The van der Waals surface area contributed by atoms with Gasteiger partial charge in [-0.2, -0.15) is 0 Å². The molecule has 6 nitrogen and oxygen atoms in total. The number of sulfone groups is 1. The molecule has 2 aliphatic heterocycles. The minimum atomic E-state index is -2.91. The SMILES string of the molecule is O=C(C[C@@H]1CCS(=O)(=O)C1)N1CC[NH+](Cc2nc3ccccc3s2)CC1. The van der Waals surface area contributed by atoms with Gasteiger partial charge in [-0.25, -0.2) is 13.4 Å². The van der Waals surface area contributed by atoms with Crippen molar-refractivity contribution in [3.63, 3.8) is 0 Å². The van der Waals surface area contributed by atoms with Crippen molar-refractivity contribution in [2.24, 2.45) is 5.92 Å². The van der Waals surface area contributed by atoms with Crippen LogP contribution in [-0.2, 0) is 21.2 Å². The van der Waals surface area contributed by atoms with Crippen molar-refractivity contribution in [2.75, 3.05) is 37.7 Å². The molecule has 2 aromatic rings. The van der Waals surface area contributed by atoms with Crippen molar-refractivity contribution in [1.82, 2.24) is 9.88 Å². The van der Waals surface area contributed by atoms with Crippen molar-refractivity contribution < 1.29 is 18.1 Å². The fourth-order valence-electron chi connectivity index (χ4n) is 3.87. The number of thiazole rings is 1. The Labute approximate surface area is 157 Å². The van der Waals surface area contributed by atoms with Crippen molar-refractivity contribution >= 4 is 37.3 Å². The summed E-state index contributed by atoms with van der Waals surface area (Å²) in [4.78, 5) is 20.5. The van der Waals surface area contributed by atoms with Crippen LogP contribution in [0.3, 0.4) is 0 Å². The smallest absolute Gasteiger partial charge is 0.223 e. The molecule has 2 aliphatic rings. The number of carbonyl (C=O) groups excluding carboxylic acids is 1. The van der Waals surface area contributed by atoms with Crippen LogP contribution in [0.5, 0.6) is 0 Å². The molecule has 0 aliphatic carbocycles. The van der Waals surface area contributed by atoms with Crippen LogP contribution in [0.2, 0.25) is 0 Å². The van der Waals surface area contributed by atoms with E-state index in [0.29, 0.717) is 12.8 Å². The maximum Gasteiger partial charge on any atom is 0.223 e. The molecule has 2 saturated heterocycles. The summed E-state index contributed by atoms with van der Waals surface area (Å²) in [6.07, 6.45) is 1.02. The Balaban J connectivity index is 1.27. The van der Waals surface area contributed by atoms with Crippen LogP contribution >= 0.6 is 11.3 Å². The number of amides is 1. The van der Waals surface area contributed by atoms with E-state index in [0.717, 1.165) is 43.2 Å². The predicted molar refractivity (Wildman–Crippen MR) is 102 cm³/mol. The highest BCUT2D eigenvalue weighted by Gasteiger charge is 2.32. The lowest BCUT2D eigenvalue weighted by Crippen LogP contribution is -3.13. The lowest BCUT2D eigenvalue weighted by Gasteiger charge is -2.32. The van der Waals surface area contributed by atoms with E-state index >= 15 is 0 Å². The van der Waals surface area contributed by atoms with Gasteiger partial charge in [-0.1, -0.05) is 12.1 Å². The zero-order valence-corrected chi connectivity index (χ0v) is 16.3. The number of benzene rings is 1. The maximum atomic E-state index is 12.5. The second-order valence-electron chi connectivity index (χ2n) is 7.36. The van der Waals surface area contributed by atoms with Gasteiger partial charge in [0.05, 0.1) is 47.9 Å². The van der Waals surface area contributed by atoms with E-state index in [1.807, 2.05) is 23.1 Å². The van der Waals surface area contributed by atoms with E-state index in [9.17, 15) is 13.2 Å². The minimum Gasteiger partial charge on any atom is -0.331 e. The number of aromatic nitrogens is 1. The highest BCUT2D eigenvalue weighted by Crippen LogP contribution is 2.23. The molecule has 3 heterocycles. The number of nitrogens with one attached hydrogen (secondary N) is 1. The van der Waals surface area contributed by atoms with Crippen LogP contribution in [-0.4, -0.2) is 61.9 Å². The zero-order chi connectivity index (χ0) is 18.1. The van der Waals surface area contributed by atoms with Gasteiger partial charge in [0, 0.05) is 6.42 Å². The fourth-order valence-corrected chi connectivity index (χ4v) is 6.77. The summed E-state index contributed by atoms with van der Waals surface area (Å²) in [5.74, 6) is 0.554. The van der Waals surface area contributed by atoms with Gasteiger partial charge in [0.1, 0.15) is 11.6 Å². The van der Waals surface area contributed by atoms with Crippen LogP contribution in [0, 0.1) is 5.92 Å². The van der Waals surface area contributed by atoms with Gasteiger partial charge < -0.3 is 9.80 Å². The molecule has 1 amide bonds. The first kappa shape index (κ1) is 17.9. The molecule has 1 atom stereocenters. The standard InChI is InChI=1S/C18H23N3O3S2/c22-18(11-14-5-10-26(23,24)13-14)21-8-6-20(7-9-21)12-17-19-15-3-1-2-4-16(15)25-17/h1-4,14H,5-13H2/p+1/t14-/m0/s1. The highest BCUT2D eigenvalue weighted by atomic mass is 32.2. The quantitative estimate of drug-likeness (QED) is 0.812. The molecule has 1 N–H and O–H groups in total. The number of para-hydroxylation sites is 1. The van der Waals surface area contributed by atoms with E-state index < -0.39 is 9.84 Å². The number of hydrogen-bond donors (Lipinski definition) is 1. The van der Waals surface area contributed by atoms with Gasteiger partial charge in [-0.05, 0) is 24.5 Å². The van der Waals surface area contributed by atoms with Crippen LogP contribution in [0.4, 0.5) is 0 Å². The number of fused-ring (bicyclic) bond motifs is 1. The second kappa shape index (κ2) is 7.25. The summed E-state index contributed by atoms with van der Waals surface area (Å²) in [5, 5.41) is 1.15. The molecule has 140 valence electrons. The summed E-state index contributed by atoms with van der Waals surface area (Å²) >= 11 is 1.75. The molecule has 0 bridgehead atoms.